The van der Waals surface area contributed by atoms with Crippen LogP contribution in [0.4, 0.5) is 0 Å². The zero-order valence-electron chi connectivity index (χ0n) is 10.5. The van der Waals surface area contributed by atoms with E-state index >= 15 is 0 Å². The van der Waals surface area contributed by atoms with Crippen LogP contribution < -0.4 is 10.1 Å². The zero-order valence-corrected chi connectivity index (χ0v) is 12.0. The van der Waals surface area contributed by atoms with E-state index in [0.29, 0.717) is 34.4 Å². The van der Waals surface area contributed by atoms with Gasteiger partial charge in [-0.2, -0.15) is 0 Å². The van der Waals surface area contributed by atoms with Gasteiger partial charge in [-0.25, -0.2) is 0 Å². The summed E-state index contributed by atoms with van der Waals surface area (Å²) in [7, 11) is 0. The van der Waals surface area contributed by atoms with Gasteiger partial charge in [0.1, 0.15) is 5.75 Å². The molecule has 96 valence electrons. The van der Waals surface area contributed by atoms with Gasteiger partial charge in [-0.1, -0.05) is 44.0 Å². The molecule has 2 nitrogen and oxygen atoms in total. The molecule has 1 unspecified atom stereocenters. The van der Waals surface area contributed by atoms with Crippen molar-refractivity contribution in [1.82, 2.24) is 5.32 Å². The van der Waals surface area contributed by atoms with Crippen molar-refractivity contribution < 1.29 is 4.74 Å². The predicted molar refractivity (Wildman–Crippen MR) is 74.3 cm³/mol. The Labute approximate surface area is 113 Å². The van der Waals surface area contributed by atoms with E-state index in [4.69, 9.17) is 27.9 Å². The van der Waals surface area contributed by atoms with E-state index in [1.165, 1.54) is 0 Å². The number of hydrogen-bond acceptors (Lipinski definition) is 2. The lowest BCUT2D eigenvalue weighted by Crippen LogP contribution is -2.30. The first kappa shape index (κ1) is 14.6. The Bertz CT molecular complexity index is 355. The zero-order chi connectivity index (χ0) is 12.8. The lowest BCUT2D eigenvalue weighted by molar-refractivity contribution is 0.253. The van der Waals surface area contributed by atoms with E-state index in [0.717, 1.165) is 6.54 Å². The van der Waals surface area contributed by atoms with Gasteiger partial charge in [-0.15, -0.1) is 0 Å². The van der Waals surface area contributed by atoms with Gasteiger partial charge < -0.3 is 10.1 Å². The largest absolute Gasteiger partial charge is 0.492 e. The third kappa shape index (κ3) is 5.62. The van der Waals surface area contributed by atoms with E-state index in [1.807, 2.05) is 0 Å². The highest BCUT2D eigenvalue weighted by atomic mass is 35.5. The highest BCUT2D eigenvalue weighted by Gasteiger charge is 2.07. The van der Waals surface area contributed by atoms with Gasteiger partial charge in [0.05, 0.1) is 11.6 Å². The number of ether oxygens (including phenoxy) is 1. The van der Waals surface area contributed by atoms with E-state index < -0.39 is 0 Å². The van der Waals surface area contributed by atoms with Crippen molar-refractivity contribution in [2.75, 3.05) is 13.2 Å². The highest BCUT2D eigenvalue weighted by Crippen LogP contribution is 2.27. The fraction of sp³-hybridized carbons (Fsp3) is 0.538. The topological polar surface area (TPSA) is 21.3 Å². The smallest absolute Gasteiger partial charge is 0.139 e. The molecular formula is C13H19Cl2NO. The van der Waals surface area contributed by atoms with Crippen LogP contribution in [0, 0.1) is 5.92 Å². The molecular weight excluding hydrogens is 257 g/mol. The van der Waals surface area contributed by atoms with Crippen LogP contribution >= 0.6 is 23.2 Å². The maximum atomic E-state index is 6.01. The van der Waals surface area contributed by atoms with Crippen molar-refractivity contribution in [2.24, 2.45) is 5.92 Å². The predicted octanol–water partition coefficient (Wildman–Crippen LogP) is 4.01. The molecule has 0 aromatic heterocycles. The Kier molecular flexibility index (Phi) is 6.10. The van der Waals surface area contributed by atoms with Crippen molar-refractivity contribution in [3.63, 3.8) is 0 Å². The van der Waals surface area contributed by atoms with Crippen LogP contribution in [-0.4, -0.2) is 19.2 Å². The average molecular weight is 276 g/mol. The van der Waals surface area contributed by atoms with Gasteiger partial charge in [0, 0.05) is 29.6 Å². The summed E-state index contributed by atoms with van der Waals surface area (Å²) >= 11 is 11.9. The first-order valence-corrected chi connectivity index (χ1v) is 6.56. The highest BCUT2D eigenvalue weighted by molar-refractivity contribution is 6.34. The molecule has 0 bridgehead atoms. The molecule has 1 aromatic carbocycles. The van der Waals surface area contributed by atoms with Crippen molar-refractivity contribution in [2.45, 2.75) is 26.8 Å². The summed E-state index contributed by atoms with van der Waals surface area (Å²) in [5.74, 6) is 1.07. The average Bonchev–Trinajstić information content (AvgIpc) is 2.27. The molecule has 1 atom stereocenters. The van der Waals surface area contributed by atoms with Crippen LogP contribution in [0.1, 0.15) is 20.8 Å². The third-order valence-corrected chi connectivity index (χ3v) is 2.84. The maximum Gasteiger partial charge on any atom is 0.139 e. The van der Waals surface area contributed by atoms with E-state index in [9.17, 15) is 0 Å². The van der Waals surface area contributed by atoms with Gasteiger partial charge in [0.25, 0.3) is 0 Å². The molecule has 0 saturated carbocycles. The second-order valence-electron chi connectivity index (χ2n) is 4.55. The Balaban J connectivity index is 2.41. The summed E-state index contributed by atoms with van der Waals surface area (Å²) in [5.41, 5.74) is 0. The van der Waals surface area contributed by atoms with E-state index in [-0.39, 0.29) is 0 Å². The Morgan fingerprint density at radius 1 is 1.24 bits per heavy atom. The van der Waals surface area contributed by atoms with Crippen molar-refractivity contribution in [1.29, 1.82) is 0 Å². The summed E-state index contributed by atoms with van der Waals surface area (Å²) in [6, 6.07) is 5.73. The van der Waals surface area contributed by atoms with Crippen LogP contribution in [0.5, 0.6) is 5.75 Å². The molecule has 0 amide bonds. The SMILES string of the molecule is CC(CNC(C)C)COc1cc(Cl)ccc1Cl. The number of nitrogens with one attached hydrogen (secondary N) is 1. The molecule has 0 heterocycles. The van der Waals surface area contributed by atoms with Crippen molar-refractivity contribution >= 4 is 23.2 Å². The molecule has 0 aliphatic rings. The molecule has 0 spiro atoms. The van der Waals surface area contributed by atoms with Crippen LogP contribution in [0.25, 0.3) is 0 Å². The molecule has 17 heavy (non-hydrogen) atoms. The number of benzene rings is 1. The van der Waals surface area contributed by atoms with Crippen LogP contribution in [0.2, 0.25) is 10.0 Å². The number of halogens is 2. The summed E-state index contributed by atoms with van der Waals surface area (Å²) in [5, 5.41) is 4.60. The molecule has 1 N–H and O–H groups in total. The lowest BCUT2D eigenvalue weighted by atomic mass is 10.2. The molecule has 1 rings (SSSR count). The quantitative estimate of drug-likeness (QED) is 0.847. The first-order chi connectivity index (χ1) is 7.99. The van der Waals surface area contributed by atoms with E-state index in [2.05, 4.69) is 26.1 Å². The first-order valence-electron chi connectivity index (χ1n) is 5.80. The molecule has 0 saturated heterocycles. The fourth-order valence-corrected chi connectivity index (χ4v) is 1.65. The van der Waals surface area contributed by atoms with Crippen LogP contribution in [-0.2, 0) is 0 Å². The minimum atomic E-state index is 0.424. The Morgan fingerprint density at radius 2 is 1.94 bits per heavy atom. The molecule has 0 aliphatic carbocycles. The number of rotatable bonds is 6. The Hall–Kier alpha value is -0.440. The summed E-state index contributed by atoms with van der Waals surface area (Å²) < 4.78 is 5.66. The normalized spacial score (nSPS) is 12.8. The Morgan fingerprint density at radius 3 is 2.59 bits per heavy atom. The fourth-order valence-electron chi connectivity index (χ4n) is 1.32. The molecule has 0 aliphatic heterocycles. The summed E-state index contributed by atoms with van der Waals surface area (Å²) in [4.78, 5) is 0. The second kappa shape index (κ2) is 7.10. The number of hydrogen-bond donors (Lipinski definition) is 1. The summed E-state index contributed by atoms with van der Waals surface area (Å²) in [6.07, 6.45) is 0. The van der Waals surface area contributed by atoms with Crippen LogP contribution in [0.15, 0.2) is 18.2 Å². The molecule has 0 fully saturated rings. The van der Waals surface area contributed by atoms with Crippen LogP contribution in [0.3, 0.4) is 0 Å². The third-order valence-electron chi connectivity index (χ3n) is 2.29. The van der Waals surface area contributed by atoms with Crippen molar-refractivity contribution in [3.05, 3.63) is 28.2 Å². The standard InChI is InChI=1S/C13H19Cl2NO/c1-9(2)16-7-10(3)8-17-13-6-11(14)4-5-12(13)15/h4-6,9-10,16H,7-8H2,1-3H3. The van der Waals surface area contributed by atoms with Gasteiger partial charge in [-0.3, -0.25) is 0 Å². The van der Waals surface area contributed by atoms with Gasteiger partial charge >= 0.3 is 0 Å². The van der Waals surface area contributed by atoms with Crippen molar-refractivity contribution in [3.8, 4) is 5.75 Å². The van der Waals surface area contributed by atoms with E-state index in [1.54, 1.807) is 18.2 Å². The van der Waals surface area contributed by atoms with Gasteiger partial charge in [0.2, 0.25) is 0 Å². The molecule has 0 radical (unpaired) electrons. The van der Waals surface area contributed by atoms with Gasteiger partial charge in [-0.05, 0) is 12.1 Å². The monoisotopic (exact) mass is 275 g/mol. The minimum Gasteiger partial charge on any atom is -0.492 e. The molecule has 4 heteroatoms. The van der Waals surface area contributed by atoms with Gasteiger partial charge in [0.15, 0.2) is 0 Å². The maximum absolute atomic E-state index is 6.01. The lowest BCUT2D eigenvalue weighted by Gasteiger charge is -2.16. The molecule has 1 aromatic rings. The minimum absolute atomic E-state index is 0.424. The second-order valence-corrected chi connectivity index (χ2v) is 5.40. The summed E-state index contributed by atoms with van der Waals surface area (Å²) in [6.45, 7) is 7.94.